The van der Waals surface area contributed by atoms with Crippen molar-refractivity contribution in [2.75, 3.05) is 6.61 Å². The molecule has 1 aromatic heterocycles. The molecule has 14 heteroatoms. The molecular weight excluding hydrogens is 724 g/mol. The minimum absolute atomic E-state index is 0.00129. The number of nitrogens with zero attached hydrogens (tertiary/aromatic N) is 5. The lowest BCUT2D eigenvalue weighted by atomic mass is 9.48. The summed E-state index contributed by atoms with van der Waals surface area (Å²) in [6.07, 6.45) is 7.26. The van der Waals surface area contributed by atoms with Crippen molar-refractivity contribution in [2.45, 2.75) is 103 Å². The van der Waals surface area contributed by atoms with E-state index in [2.05, 4.69) is 5.10 Å². The van der Waals surface area contributed by atoms with Crippen LogP contribution in [0.2, 0.25) is 5.02 Å². The van der Waals surface area contributed by atoms with Crippen molar-refractivity contribution < 1.29 is 33.4 Å². The first-order valence-electron chi connectivity index (χ1n) is 18.8. The summed E-state index contributed by atoms with van der Waals surface area (Å²) < 4.78 is 14.2. The fourth-order valence-corrected chi connectivity index (χ4v) is 9.93. The van der Waals surface area contributed by atoms with E-state index in [1.54, 1.807) is 42.5 Å². The molecule has 1 saturated heterocycles. The van der Waals surface area contributed by atoms with Crippen molar-refractivity contribution in [1.82, 2.24) is 19.6 Å². The quantitative estimate of drug-likeness (QED) is 0.179. The summed E-state index contributed by atoms with van der Waals surface area (Å²) in [5.41, 5.74) is 4.91. The van der Waals surface area contributed by atoms with Crippen LogP contribution in [0.3, 0.4) is 0 Å². The summed E-state index contributed by atoms with van der Waals surface area (Å²) in [5, 5.41) is 13.8. The van der Waals surface area contributed by atoms with Gasteiger partial charge in [0.15, 0.2) is 0 Å². The van der Waals surface area contributed by atoms with Crippen LogP contribution in [0.5, 0.6) is 11.5 Å². The molecule has 55 heavy (non-hydrogen) atoms. The minimum atomic E-state index is -1.13. The van der Waals surface area contributed by atoms with Crippen LogP contribution in [0.25, 0.3) is 0 Å². The Labute approximate surface area is 324 Å². The highest BCUT2D eigenvalue weighted by molar-refractivity contribution is 6.31. The SMILES string of the molecule is CC1(C)C(Oc2ccc(C#N)c(Cl)c2)C(C)(C)C1N1C(=O)CCC(N2C(=O)c3ccc(OCCCC4CCC(n5ccc(C(N)=O)n5)CC4)cc3C2=O)C1=O. The van der Waals surface area contributed by atoms with Gasteiger partial charge in [0.25, 0.3) is 23.6 Å². The molecular formula is C41H45ClN6O7. The zero-order chi connectivity index (χ0) is 39.4. The van der Waals surface area contributed by atoms with Gasteiger partial charge in [0.05, 0.1) is 40.4 Å². The lowest BCUT2D eigenvalue weighted by molar-refractivity contribution is -0.216. The number of carbonyl (C=O) groups excluding carboxylic acids is 5. The topological polar surface area (TPSA) is 178 Å². The molecule has 1 unspecified atom stereocenters. The molecule has 7 rings (SSSR count). The largest absolute Gasteiger partial charge is 0.494 e. The Balaban J connectivity index is 0.959. The molecule has 2 aliphatic carbocycles. The number of hydrogen-bond donors (Lipinski definition) is 1. The van der Waals surface area contributed by atoms with Crippen LogP contribution in [0.15, 0.2) is 48.7 Å². The van der Waals surface area contributed by atoms with Gasteiger partial charge in [0.1, 0.15) is 35.4 Å². The predicted octanol–water partition coefficient (Wildman–Crippen LogP) is 6.09. The van der Waals surface area contributed by atoms with E-state index in [9.17, 15) is 29.2 Å². The van der Waals surface area contributed by atoms with Crippen LogP contribution >= 0.6 is 11.6 Å². The Morgan fingerprint density at radius 3 is 2.27 bits per heavy atom. The second-order valence-corrected chi connectivity index (χ2v) is 16.8. The van der Waals surface area contributed by atoms with Crippen LogP contribution in [0.4, 0.5) is 0 Å². The maximum atomic E-state index is 14.3. The third-order valence-corrected chi connectivity index (χ3v) is 12.3. The highest BCUT2D eigenvalue weighted by Crippen LogP contribution is 2.58. The number of nitrogens with two attached hydrogens (primary N) is 1. The van der Waals surface area contributed by atoms with Crippen LogP contribution in [-0.2, 0) is 9.59 Å². The van der Waals surface area contributed by atoms with Crippen molar-refractivity contribution in [3.8, 4) is 17.6 Å². The summed E-state index contributed by atoms with van der Waals surface area (Å²) in [5.74, 6) is -1.14. The van der Waals surface area contributed by atoms with Gasteiger partial charge in [-0.05, 0) is 87.3 Å². The summed E-state index contributed by atoms with van der Waals surface area (Å²) in [4.78, 5) is 69.0. The number of aromatic nitrogens is 2. The molecule has 2 aromatic carbocycles. The number of nitriles is 1. The summed E-state index contributed by atoms with van der Waals surface area (Å²) in [7, 11) is 0. The first-order chi connectivity index (χ1) is 26.1. The van der Waals surface area contributed by atoms with Gasteiger partial charge in [-0.25, -0.2) is 0 Å². The molecule has 3 heterocycles. The average molecular weight is 769 g/mol. The zero-order valence-electron chi connectivity index (χ0n) is 31.4. The van der Waals surface area contributed by atoms with Crippen LogP contribution in [0, 0.1) is 28.1 Å². The maximum Gasteiger partial charge on any atom is 0.269 e. The van der Waals surface area contributed by atoms with E-state index in [1.807, 2.05) is 44.6 Å². The van der Waals surface area contributed by atoms with E-state index in [1.165, 1.54) is 4.90 Å². The number of likely N-dealkylation sites (tertiary alicyclic amines) is 1. The lowest BCUT2D eigenvalue weighted by Crippen LogP contribution is -2.77. The second kappa shape index (κ2) is 14.5. The molecule has 0 bridgehead atoms. The van der Waals surface area contributed by atoms with Crippen LogP contribution < -0.4 is 15.2 Å². The molecule has 2 saturated carbocycles. The number of piperidine rings is 1. The number of rotatable bonds is 11. The molecule has 5 amide bonds. The van der Waals surface area contributed by atoms with E-state index in [0.29, 0.717) is 29.6 Å². The second-order valence-electron chi connectivity index (χ2n) is 16.4. The molecule has 2 aliphatic heterocycles. The van der Waals surface area contributed by atoms with Gasteiger partial charge >= 0.3 is 0 Å². The van der Waals surface area contributed by atoms with Gasteiger partial charge in [-0.2, -0.15) is 10.4 Å². The molecule has 4 aliphatic rings. The average Bonchev–Trinajstić information content (AvgIpc) is 3.74. The van der Waals surface area contributed by atoms with Gasteiger partial charge in [-0.15, -0.1) is 0 Å². The number of amides is 5. The molecule has 1 atom stereocenters. The summed E-state index contributed by atoms with van der Waals surface area (Å²) in [6.45, 7) is 8.12. The molecule has 13 nitrogen and oxygen atoms in total. The Hall–Kier alpha value is -5.22. The lowest BCUT2D eigenvalue weighted by Gasteiger charge is -2.65. The Morgan fingerprint density at radius 2 is 1.62 bits per heavy atom. The summed E-state index contributed by atoms with van der Waals surface area (Å²) in [6, 6.07) is 11.8. The van der Waals surface area contributed by atoms with Crippen molar-refractivity contribution in [1.29, 1.82) is 5.26 Å². The highest BCUT2D eigenvalue weighted by Gasteiger charge is 2.68. The number of primary amides is 1. The van der Waals surface area contributed by atoms with Gasteiger partial charge in [0.2, 0.25) is 5.91 Å². The number of fused-ring (bicyclic) bond motifs is 1. The third-order valence-electron chi connectivity index (χ3n) is 12.0. The Bertz CT molecular complexity index is 2100. The smallest absolute Gasteiger partial charge is 0.269 e. The zero-order valence-corrected chi connectivity index (χ0v) is 32.2. The van der Waals surface area contributed by atoms with Crippen molar-refractivity contribution >= 4 is 41.1 Å². The molecule has 3 fully saturated rings. The van der Waals surface area contributed by atoms with Gasteiger partial charge in [-0.3, -0.25) is 38.5 Å². The standard InChI is InChI=1S/C41H45ClN6O7/c1-40(2)38(41(3,4)39(40)55-27-12-9-24(22-43)30(42)21-27)48-33(49)16-15-32(37(48)53)47-35(51)28-14-13-26(20-29(28)36(47)52)54-19-5-6-23-7-10-25(11-8-23)46-18-17-31(45-46)34(44)50/h9,12-14,17-18,20-21,23,25,32,38-39H,5-8,10-11,15-16,19H2,1-4H3,(H2,44,50). The molecule has 3 aromatic rings. The van der Waals surface area contributed by atoms with Gasteiger partial charge in [0, 0.05) is 29.5 Å². The van der Waals surface area contributed by atoms with Gasteiger partial charge in [-0.1, -0.05) is 39.3 Å². The third kappa shape index (κ3) is 6.75. The fourth-order valence-electron chi connectivity index (χ4n) is 9.72. The Kier molecular flexibility index (Phi) is 10.0. The molecule has 288 valence electrons. The van der Waals surface area contributed by atoms with E-state index >= 15 is 0 Å². The molecule has 0 spiro atoms. The fraction of sp³-hybridized carbons (Fsp3) is 0.488. The van der Waals surface area contributed by atoms with Crippen molar-refractivity contribution in [2.24, 2.45) is 22.5 Å². The van der Waals surface area contributed by atoms with Gasteiger partial charge < -0.3 is 15.2 Å². The molecule has 0 radical (unpaired) electrons. The number of ether oxygens (including phenoxy) is 2. The first-order valence-corrected chi connectivity index (χ1v) is 19.2. The van der Waals surface area contributed by atoms with E-state index in [4.69, 9.17) is 26.8 Å². The Morgan fingerprint density at radius 1 is 0.927 bits per heavy atom. The maximum absolute atomic E-state index is 14.3. The van der Waals surface area contributed by atoms with E-state index in [-0.39, 0.29) is 46.6 Å². The van der Waals surface area contributed by atoms with Crippen molar-refractivity contribution in [3.05, 3.63) is 76.1 Å². The van der Waals surface area contributed by atoms with Crippen LogP contribution in [0.1, 0.15) is 122 Å². The number of carbonyl (C=O) groups is 5. The number of imide groups is 2. The number of hydrogen-bond acceptors (Lipinski definition) is 9. The first kappa shape index (κ1) is 38.1. The molecule has 2 N–H and O–H groups in total. The van der Waals surface area contributed by atoms with Crippen LogP contribution in [-0.4, -0.2) is 73.9 Å². The minimum Gasteiger partial charge on any atom is -0.494 e. The number of halogens is 1. The van der Waals surface area contributed by atoms with E-state index < -0.39 is 52.6 Å². The van der Waals surface area contributed by atoms with E-state index in [0.717, 1.165) is 43.4 Å². The monoisotopic (exact) mass is 768 g/mol. The number of benzene rings is 2. The highest BCUT2D eigenvalue weighted by atomic mass is 35.5. The predicted molar refractivity (Wildman–Crippen MR) is 200 cm³/mol. The summed E-state index contributed by atoms with van der Waals surface area (Å²) >= 11 is 6.25. The normalized spacial score (nSPS) is 25.6. The van der Waals surface area contributed by atoms with Crippen molar-refractivity contribution in [3.63, 3.8) is 0 Å².